The van der Waals surface area contributed by atoms with Crippen LogP contribution >= 0.6 is 0 Å². The molecule has 6 heteroatoms. The average Bonchev–Trinajstić information content (AvgIpc) is 1.54. The first-order valence-electron chi connectivity index (χ1n) is 38.4. The number of rotatable bonds is 14. The van der Waals surface area contributed by atoms with E-state index in [1.807, 2.05) is 0 Å². The predicted octanol–water partition coefficient (Wildman–Crippen LogP) is 27.1. The molecule has 2 N–H and O–H groups in total. The van der Waals surface area contributed by atoms with E-state index >= 15 is 0 Å². The molecule has 1 aliphatic rings. The molecule has 8 aromatic carbocycles. The van der Waals surface area contributed by atoms with Crippen LogP contribution < -0.4 is 9.47 Å². The van der Waals surface area contributed by atoms with Gasteiger partial charge in [0.25, 0.3) is 0 Å². The van der Waals surface area contributed by atoms with Gasteiger partial charge in [0.15, 0.2) is 0 Å². The van der Waals surface area contributed by atoms with Crippen LogP contribution in [-0.2, 0) is 43.3 Å². The molecule has 0 aliphatic heterocycles. The van der Waals surface area contributed by atoms with Crippen LogP contribution in [0.15, 0.2) is 133 Å². The molecule has 2 atom stereocenters. The molecule has 0 saturated heterocycles. The number of aromatic nitrogens is 2. The molecule has 10 aromatic rings. The maximum atomic E-state index is 13.6. The smallest absolute Gasteiger partial charge is 0.147 e. The SMILES string of the molecule is CC(C)(C)CC(C)(C)c1cc(-c2cc(C(C)(C)C)ccc2OC[C@H]2CCCC[C@H]2COc2ccc(C(C)(C)C)cc2-c2cc(C(C)(C)CC(C)(C)C)cc(-n3c4ccc(C(C)(C)C)cc4c4cc(C(C)(C)C)ccc43)c2O)c(O)c(-n2c3ccc(C(C)(C)C)cc3c3cc(C(C)(C)C)ccc32)c1. The molecule has 0 bridgehead atoms. The first kappa shape index (κ1) is 75.7. The molecule has 11 rings (SSSR count). The summed E-state index contributed by atoms with van der Waals surface area (Å²) in [5.41, 5.74) is 17.8. The Kier molecular flexibility index (Phi) is 19.5. The summed E-state index contributed by atoms with van der Waals surface area (Å²) in [6, 6.07) is 50.3. The molecule has 544 valence electrons. The van der Waals surface area contributed by atoms with Gasteiger partial charge in [-0.2, -0.15) is 0 Å². The highest BCUT2D eigenvalue weighted by atomic mass is 16.5. The highest BCUT2D eigenvalue weighted by molar-refractivity contribution is 6.11. The Hall–Kier alpha value is -7.44. The van der Waals surface area contributed by atoms with Crippen molar-refractivity contribution >= 4 is 43.6 Å². The van der Waals surface area contributed by atoms with Crippen LogP contribution in [0.4, 0.5) is 0 Å². The van der Waals surface area contributed by atoms with Gasteiger partial charge in [-0.15, -0.1) is 0 Å². The quantitative estimate of drug-likeness (QED) is 0.114. The minimum absolute atomic E-state index is 0.0295. The lowest BCUT2D eigenvalue weighted by Gasteiger charge is -2.34. The summed E-state index contributed by atoms with van der Waals surface area (Å²) in [6.45, 7) is 65.6. The number of fused-ring (bicyclic) bond motifs is 6. The normalized spacial score (nSPS) is 15.9. The van der Waals surface area contributed by atoms with Crippen molar-refractivity contribution in [2.24, 2.45) is 22.7 Å². The van der Waals surface area contributed by atoms with E-state index in [2.05, 4.69) is 336 Å². The maximum absolute atomic E-state index is 13.6. The number of ether oxygens (including phenoxy) is 2. The zero-order valence-corrected chi connectivity index (χ0v) is 68.1. The Morgan fingerprint density at radius 3 is 0.804 bits per heavy atom. The summed E-state index contributed by atoms with van der Waals surface area (Å²) in [5.74, 6) is 2.38. The van der Waals surface area contributed by atoms with Crippen molar-refractivity contribution in [3.8, 4) is 56.6 Å². The first-order valence-corrected chi connectivity index (χ1v) is 38.4. The zero-order valence-electron chi connectivity index (χ0n) is 68.1. The summed E-state index contributed by atoms with van der Waals surface area (Å²) in [6.07, 6.45) is 6.11. The largest absolute Gasteiger partial charge is 0.505 e. The molecule has 1 fully saturated rings. The standard InChI is InChI=1S/C96H126N2O4/c1-87(2,3)57-95(25,26)67-51-75(85(99)81(53-67)97-77-39-33-61(89(7,8)9)45-69(77)70-46-62(90(10,11)12)34-40-78(70)97)73-49-65(93(19,20)21)37-43-83(73)101-55-59-31-29-30-32-60(59)56-102-84-44-38-66(94(22,23)24)50-74(84)76-52-68(96(27,28)58-88(4,5)6)54-82(86(76)100)98-79-41-35-63(91(13,14)15)47-71(79)72-48-64(92(16,17)18)36-42-80(72)98/h33-54,59-60,99-100H,29-32,55-58H2,1-28H3/t59-,60+. The molecule has 0 unspecified atom stereocenters. The minimum atomic E-state index is -0.273. The Balaban J connectivity index is 1.02. The van der Waals surface area contributed by atoms with Crippen LogP contribution in [0.3, 0.4) is 0 Å². The van der Waals surface area contributed by atoms with Crippen molar-refractivity contribution in [3.63, 3.8) is 0 Å². The van der Waals surface area contributed by atoms with Gasteiger partial charge in [-0.3, -0.25) is 0 Å². The van der Waals surface area contributed by atoms with E-state index in [0.29, 0.717) is 13.2 Å². The second kappa shape index (κ2) is 26.3. The van der Waals surface area contributed by atoms with Crippen LogP contribution in [0.2, 0.25) is 0 Å². The molecular formula is C96H126N2O4. The van der Waals surface area contributed by atoms with Gasteiger partial charge in [0.1, 0.15) is 23.0 Å². The number of benzene rings is 8. The molecular weight excluding hydrogens is 1250 g/mol. The van der Waals surface area contributed by atoms with Crippen molar-refractivity contribution in [2.45, 2.75) is 276 Å². The first-order chi connectivity index (χ1) is 46.9. The Bertz CT molecular complexity index is 4360. The number of aromatic hydroxyl groups is 2. The third-order valence-electron chi connectivity index (χ3n) is 22.4. The minimum Gasteiger partial charge on any atom is -0.505 e. The second-order valence-corrected chi connectivity index (χ2v) is 41.0. The second-order valence-electron chi connectivity index (χ2n) is 41.0. The van der Waals surface area contributed by atoms with Crippen LogP contribution in [-0.4, -0.2) is 32.6 Å². The van der Waals surface area contributed by atoms with Crippen molar-refractivity contribution in [1.82, 2.24) is 9.13 Å². The molecule has 2 aromatic heterocycles. The Labute approximate surface area is 615 Å². The van der Waals surface area contributed by atoms with Crippen LogP contribution in [0.1, 0.15) is 277 Å². The number of hydrogen-bond donors (Lipinski definition) is 2. The summed E-state index contributed by atoms with van der Waals surface area (Å²) >= 11 is 0. The van der Waals surface area contributed by atoms with Gasteiger partial charge < -0.3 is 28.8 Å². The van der Waals surface area contributed by atoms with Gasteiger partial charge in [-0.05, 0) is 233 Å². The molecule has 0 amide bonds. The van der Waals surface area contributed by atoms with E-state index in [1.165, 1.54) is 66.1 Å². The van der Waals surface area contributed by atoms with Crippen molar-refractivity contribution in [1.29, 1.82) is 0 Å². The topological polar surface area (TPSA) is 68.8 Å². The maximum Gasteiger partial charge on any atom is 0.147 e. The van der Waals surface area contributed by atoms with Crippen molar-refractivity contribution in [2.75, 3.05) is 13.2 Å². The molecule has 0 radical (unpaired) electrons. The third kappa shape index (κ3) is 15.5. The fraction of sp³-hybridized carbons (Fsp3) is 0.500. The summed E-state index contributed by atoms with van der Waals surface area (Å²) in [4.78, 5) is 0. The molecule has 2 heterocycles. The Morgan fingerprint density at radius 1 is 0.304 bits per heavy atom. The van der Waals surface area contributed by atoms with Crippen LogP contribution in [0.5, 0.6) is 23.0 Å². The van der Waals surface area contributed by atoms with Gasteiger partial charge >= 0.3 is 0 Å². The molecule has 0 spiro atoms. The van der Waals surface area contributed by atoms with Crippen LogP contribution in [0.25, 0.3) is 77.2 Å². The highest BCUT2D eigenvalue weighted by Gasteiger charge is 2.36. The third-order valence-corrected chi connectivity index (χ3v) is 22.4. The van der Waals surface area contributed by atoms with Gasteiger partial charge in [-0.1, -0.05) is 243 Å². The summed E-state index contributed by atoms with van der Waals surface area (Å²) < 4.78 is 19.5. The van der Waals surface area contributed by atoms with Gasteiger partial charge in [-0.25, -0.2) is 0 Å². The summed E-state index contributed by atoms with van der Waals surface area (Å²) in [7, 11) is 0. The molecule has 1 aliphatic carbocycles. The monoisotopic (exact) mass is 1370 g/mol. The van der Waals surface area contributed by atoms with E-state index in [9.17, 15) is 10.2 Å². The van der Waals surface area contributed by atoms with Crippen LogP contribution in [0, 0.1) is 22.7 Å². The fourth-order valence-corrected chi connectivity index (χ4v) is 16.8. The number of hydrogen-bond acceptors (Lipinski definition) is 4. The van der Waals surface area contributed by atoms with Crippen molar-refractivity contribution in [3.05, 3.63) is 178 Å². The number of phenols is 2. The lowest BCUT2D eigenvalue weighted by Crippen LogP contribution is -2.30. The van der Waals surface area contributed by atoms with Gasteiger partial charge in [0.05, 0.1) is 46.7 Å². The number of phenolic OH excluding ortho intramolecular Hbond substituents is 2. The van der Waals surface area contributed by atoms with E-state index in [4.69, 9.17) is 9.47 Å². The summed E-state index contributed by atoms with van der Waals surface area (Å²) in [5, 5.41) is 31.9. The number of nitrogens with zero attached hydrogens (tertiary/aromatic N) is 2. The lowest BCUT2D eigenvalue weighted by atomic mass is 9.71. The highest BCUT2D eigenvalue weighted by Crippen LogP contribution is 2.52. The lowest BCUT2D eigenvalue weighted by molar-refractivity contribution is 0.105. The molecule has 6 nitrogen and oxygen atoms in total. The molecule has 1 saturated carbocycles. The van der Waals surface area contributed by atoms with Gasteiger partial charge in [0, 0.05) is 43.8 Å². The fourth-order valence-electron chi connectivity index (χ4n) is 16.8. The van der Waals surface area contributed by atoms with Gasteiger partial charge in [0.2, 0.25) is 0 Å². The van der Waals surface area contributed by atoms with E-state index in [1.54, 1.807) is 0 Å². The Morgan fingerprint density at radius 2 is 0.549 bits per heavy atom. The van der Waals surface area contributed by atoms with E-state index < -0.39 is 0 Å². The van der Waals surface area contributed by atoms with E-state index in [0.717, 1.165) is 106 Å². The molecule has 102 heavy (non-hydrogen) atoms. The van der Waals surface area contributed by atoms with E-state index in [-0.39, 0.29) is 77.5 Å². The average molecular weight is 1370 g/mol. The zero-order chi connectivity index (χ0) is 74.9. The predicted molar refractivity (Wildman–Crippen MR) is 439 cm³/mol. The van der Waals surface area contributed by atoms with Crippen molar-refractivity contribution < 1.29 is 19.7 Å².